The van der Waals surface area contributed by atoms with E-state index in [9.17, 15) is 4.79 Å². The van der Waals surface area contributed by atoms with E-state index >= 15 is 0 Å². The third-order valence-electron chi connectivity index (χ3n) is 4.02. The maximum absolute atomic E-state index is 12.1. The smallest absolute Gasteiger partial charge is 0.324 e. The van der Waals surface area contributed by atoms with Gasteiger partial charge in [0.1, 0.15) is 6.04 Å². The van der Waals surface area contributed by atoms with E-state index in [4.69, 9.17) is 4.74 Å². The second kappa shape index (κ2) is 9.35. The largest absolute Gasteiger partial charge is 0.465 e. The molecular formula is C16H32N2O2. The van der Waals surface area contributed by atoms with E-state index in [0.717, 1.165) is 19.5 Å². The number of esters is 1. The molecule has 118 valence electrons. The van der Waals surface area contributed by atoms with E-state index < -0.39 is 0 Å². The number of unbranched alkanes of at least 4 members (excludes halogenated alkanes) is 1. The molecule has 0 radical (unpaired) electrons. The standard InChI is InChI=1S/C16H32N2O2/c1-5-8-11-18(13(4)6-2)12-15(16(19)20-7-3)17-14-9-10-14/h13-15,17H,5-12H2,1-4H3. The van der Waals surface area contributed by atoms with Gasteiger partial charge in [-0.1, -0.05) is 20.3 Å². The predicted molar refractivity (Wildman–Crippen MR) is 82.8 cm³/mol. The van der Waals surface area contributed by atoms with Crippen molar-refractivity contribution in [3.05, 3.63) is 0 Å². The van der Waals surface area contributed by atoms with Crippen LogP contribution in [0.4, 0.5) is 0 Å². The molecule has 20 heavy (non-hydrogen) atoms. The van der Waals surface area contributed by atoms with Crippen LogP contribution in [0.15, 0.2) is 0 Å². The summed E-state index contributed by atoms with van der Waals surface area (Å²) in [6.45, 7) is 10.8. The molecule has 0 saturated heterocycles. The van der Waals surface area contributed by atoms with E-state index in [1.165, 1.54) is 25.7 Å². The molecule has 0 spiro atoms. The summed E-state index contributed by atoms with van der Waals surface area (Å²) in [5.41, 5.74) is 0. The fraction of sp³-hybridized carbons (Fsp3) is 0.938. The zero-order chi connectivity index (χ0) is 15.0. The SMILES string of the molecule is CCCCN(CC(NC1CC1)C(=O)OCC)C(C)CC. The van der Waals surface area contributed by atoms with Gasteiger partial charge in [0.25, 0.3) is 0 Å². The van der Waals surface area contributed by atoms with Crippen LogP contribution in [-0.2, 0) is 9.53 Å². The van der Waals surface area contributed by atoms with Gasteiger partial charge in [0.05, 0.1) is 6.61 Å². The van der Waals surface area contributed by atoms with Crippen LogP contribution in [0.2, 0.25) is 0 Å². The number of carbonyl (C=O) groups excluding carboxylic acids is 1. The van der Waals surface area contributed by atoms with Crippen molar-refractivity contribution in [2.24, 2.45) is 0 Å². The summed E-state index contributed by atoms with van der Waals surface area (Å²) < 4.78 is 5.22. The number of nitrogens with zero attached hydrogens (tertiary/aromatic N) is 1. The molecule has 0 bridgehead atoms. The molecule has 0 aromatic heterocycles. The number of hydrogen-bond acceptors (Lipinski definition) is 4. The molecule has 1 aliphatic rings. The molecule has 0 aliphatic heterocycles. The Bertz CT molecular complexity index is 280. The summed E-state index contributed by atoms with van der Waals surface area (Å²) in [7, 11) is 0. The molecule has 1 rings (SSSR count). The minimum absolute atomic E-state index is 0.0933. The highest BCUT2D eigenvalue weighted by Crippen LogP contribution is 2.20. The van der Waals surface area contributed by atoms with Crippen LogP contribution in [-0.4, -0.2) is 48.7 Å². The molecule has 0 amide bonds. The summed E-state index contributed by atoms with van der Waals surface area (Å²) in [5.74, 6) is -0.0933. The fourth-order valence-corrected chi connectivity index (χ4v) is 2.32. The Labute approximate surface area is 124 Å². The first kappa shape index (κ1) is 17.4. The highest BCUT2D eigenvalue weighted by atomic mass is 16.5. The molecule has 2 unspecified atom stereocenters. The molecule has 0 aromatic carbocycles. The molecule has 1 N–H and O–H groups in total. The van der Waals surface area contributed by atoms with Crippen molar-refractivity contribution in [2.45, 2.75) is 77.9 Å². The summed E-state index contributed by atoms with van der Waals surface area (Å²) in [6.07, 6.45) is 5.86. The maximum atomic E-state index is 12.1. The lowest BCUT2D eigenvalue weighted by atomic mass is 10.1. The number of nitrogens with one attached hydrogen (secondary N) is 1. The highest BCUT2D eigenvalue weighted by Gasteiger charge is 2.31. The monoisotopic (exact) mass is 284 g/mol. The van der Waals surface area contributed by atoms with Crippen LogP contribution >= 0.6 is 0 Å². The maximum Gasteiger partial charge on any atom is 0.324 e. The summed E-state index contributed by atoms with van der Waals surface area (Å²) in [4.78, 5) is 14.5. The zero-order valence-corrected chi connectivity index (χ0v) is 13.7. The van der Waals surface area contributed by atoms with Gasteiger partial charge in [-0.05, 0) is 46.1 Å². The first-order valence-electron chi connectivity index (χ1n) is 8.29. The van der Waals surface area contributed by atoms with E-state index in [1.807, 2.05) is 6.92 Å². The van der Waals surface area contributed by atoms with Crippen molar-refractivity contribution in [3.8, 4) is 0 Å². The molecule has 1 aliphatic carbocycles. The van der Waals surface area contributed by atoms with Crippen LogP contribution < -0.4 is 5.32 Å². The van der Waals surface area contributed by atoms with Crippen LogP contribution in [0.1, 0.15) is 59.8 Å². The topological polar surface area (TPSA) is 41.6 Å². The average molecular weight is 284 g/mol. The van der Waals surface area contributed by atoms with E-state index in [2.05, 4.69) is 31.0 Å². The van der Waals surface area contributed by atoms with Crippen molar-refractivity contribution < 1.29 is 9.53 Å². The van der Waals surface area contributed by atoms with Gasteiger partial charge < -0.3 is 10.1 Å². The Kier molecular flexibility index (Phi) is 8.15. The molecular weight excluding hydrogens is 252 g/mol. The fourth-order valence-electron chi connectivity index (χ4n) is 2.32. The molecule has 2 atom stereocenters. The predicted octanol–water partition coefficient (Wildman–Crippen LogP) is 2.57. The summed E-state index contributed by atoms with van der Waals surface area (Å²) in [6, 6.07) is 0.863. The van der Waals surface area contributed by atoms with Gasteiger partial charge in [0.2, 0.25) is 0 Å². The lowest BCUT2D eigenvalue weighted by molar-refractivity contribution is -0.146. The minimum atomic E-state index is -0.173. The van der Waals surface area contributed by atoms with Crippen LogP contribution in [0.25, 0.3) is 0 Å². The summed E-state index contributed by atoms with van der Waals surface area (Å²) in [5, 5.41) is 3.45. The van der Waals surface area contributed by atoms with Gasteiger partial charge in [-0.15, -0.1) is 0 Å². The van der Waals surface area contributed by atoms with E-state index in [0.29, 0.717) is 18.7 Å². The normalized spacial score (nSPS) is 18.1. The molecule has 4 heteroatoms. The number of rotatable bonds is 11. The van der Waals surface area contributed by atoms with Crippen LogP contribution in [0, 0.1) is 0 Å². The van der Waals surface area contributed by atoms with Crippen molar-refractivity contribution >= 4 is 5.97 Å². The van der Waals surface area contributed by atoms with Crippen molar-refractivity contribution in [1.29, 1.82) is 0 Å². The lowest BCUT2D eigenvalue weighted by Crippen LogP contribution is -2.50. The Morgan fingerprint density at radius 2 is 2.05 bits per heavy atom. The Morgan fingerprint density at radius 3 is 2.55 bits per heavy atom. The van der Waals surface area contributed by atoms with Gasteiger partial charge in [0.15, 0.2) is 0 Å². The quantitative estimate of drug-likeness (QED) is 0.592. The van der Waals surface area contributed by atoms with Gasteiger partial charge in [0, 0.05) is 18.6 Å². The second-order valence-electron chi connectivity index (χ2n) is 5.85. The number of ether oxygens (including phenoxy) is 1. The molecule has 1 saturated carbocycles. The van der Waals surface area contributed by atoms with Gasteiger partial charge in [-0.2, -0.15) is 0 Å². The third kappa shape index (κ3) is 6.23. The number of hydrogen-bond donors (Lipinski definition) is 1. The van der Waals surface area contributed by atoms with Crippen LogP contribution in [0.3, 0.4) is 0 Å². The first-order valence-corrected chi connectivity index (χ1v) is 8.29. The third-order valence-corrected chi connectivity index (χ3v) is 4.02. The zero-order valence-electron chi connectivity index (χ0n) is 13.7. The van der Waals surface area contributed by atoms with Crippen LogP contribution in [0.5, 0.6) is 0 Å². The summed E-state index contributed by atoms with van der Waals surface area (Å²) >= 11 is 0. The molecule has 1 fully saturated rings. The van der Waals surface area contributed by atoms with Gasteiger partial charge >= 0.3 is 5.97 Å². The molecule has 0 heterocycles. The minimum Gasteiger partial charge on any atom is -0.465 e. The van der Waals surface area contributed by atoms with Crippen molar-refractivity contribution in [3.63, 3.8) is 0 Å². The number of carbonyl (C=O) groups is 1. The Balaban J connectivity index is 2.58. The van der Waals surface area contributed by atoms with Gasteiger partial charge in [-0.25, -0.2) is 0 Å². The second-order valence-corrected chi connectivity index (χ2v) is 5.85. The lowest BCUT2D eigenvalue weighted by Gasteiger charge is -2.31. The first-order chi connectivity index (χ1) is 9.62. The Morgan fingerprint density at radius 1 is 1.35 bits per heavy atom. The highest BCUT2D eigenvalue weighted by molar-refractivity contribution is 5.76. The van der Waals surface area contributed by atoms with E-state index in [1.54, 1.807) is 0 Å². The molecule has 0 aromatic rings. The van der Waals surface area contributed by atoms with Crippen molar-refractivity contribution in [1.82, 2.24) is 10.2 Å². The van der Waals surface area contributed by atoms with Gasteiger partial charge in [-0.3, -0.25) is 9.69 Å². The molecule has 4 nitrogen and oxygen atoms in total. The van der Waals surface area contributed by atoms with E-state index in [-0.39, 0.29) is 12.0 Å². The van der Waals surface area contributed by atoms with Crippen molar-refractivity contribution in [2.75, 3.05) is 19.7 Å². The average Bonchev–Trinajstić information content (AvgIpc) is 3.25. The Hall–Kier alpha value is -0.610.